The highest BCUT2D eigenvalue weighted by molar-refractivity contribution is 5.53. The maximum atomic E-state index is 12.1. The molecule has 0 spiro atoms. The summed E-state index contributed by atoms with van der Waals surface area (Å²) in [5, 5.41) is 9.04. The van der Waals surface area contributed by atoms with Crippen molar-refractivity contribution in [3.05, 3.63) is 53.7 Å². The Morgan fingerprint density at radius 3 is 2.50 bits per heavy atom. The maximum Gasteiger partial charge on any atom is 0.573 e. The lowest BCUT2D eigenvalue weighted by Crippen LogP contribution is -2.19. The van der Waals surface area contributed by atoms with Crippen molar-refractivity contribution in [1.82, 2.24) is 4.98 Å². The molecule has 0 bridgehead atoms. The first kappa shape index (κ1) is 15.6. The second-order valence-electron chi connectivity index (χ2n) is 4.53. The third-order valence-electron chi connectivity index (χ3n) is 2.85. The Bertz CT molecular complexity index is 678. The van der Waals surface area contributed by atoms with E-state index in [1.807, 2.05) is 6.07 Å². The van der Waals surface area contributed by atoms with E-state index in [1.54, 1.807) is 30.3 Å². The Morgan fingerprint density at radius 1 is 1.23 bits per heavy atom. The minimum Gasteiger partial charge on any atom is -0.406 e. The van der Waals surface area contributed by atoms with Gasteiger partial charge in [0.25, 0.3) is 0 Å². The van der Waals surface area contributed by atoms with Crippen molar-refractivity contribution >= 4 is 5.82 Å². The summed E-state index contributed by atoms with van der Waals surface area (Å²) < 4.78 is 40.1. The fraction of sp³-hybridized carbons (Fsp3) is 0.200. The summed E-state index contributed by atoms with van der Waals surface area (Å²) in [7, 11) is 1.75. The van der Waals surface area contributed by atoms with E-state index >= 15 is 0 Å². The predicted molar refractivity (Wildman–Crippen MR) is 74.2 cm³/mol. The molecule has 0 N–H and O–H groups in total. The van der Waals surface area contributed by atoms with Crippen LogP contribution in [0.25, 0.3) is 0 Å². The SMILES string of the molecule is CN(Cc1ccc(OC(F)(F)F)cc1)c1ncccc1C#N. The molecule has 0 saturated carbocycles. The molecule has 0 radical (unpaired) electrons. The van der Waals surface area contributed by atoms with Gasteiger partial charge in [0.05, 0.1) is 5.56 Å². The van der Waals surface area contributed by atoms with Crippen LogP contribution in [0.15, 0.2) is 42.6 Å². The second kappa shape index (κ2) is 6.35. The summed E-state index contributed by atoms with van der Waals surface area (Å²) in [5.74, 6) is 0.245. The molecule has 0 aliphatic rings. The van der Waals surface area contributed by atoms with Gasteiger partial charge in [-0.2, -0.15) is 5.26 Å². The minimum atomic E-state index is -4.70. The Kier molecular flexibility index (Phi) is 4.51. The monoisotopic (exact) mass is 307 g/mol. The van der Waals surface area contributed by atoms with Crippen LogP contribution < -0.4 is 9.64 Å². The van der Waals surface area contributed by atoms with Crippen LogP contribution in [0.4, 0.5) is 19.0 Å². The molecular formula is C15H12F3N3O. The molecular weight excluding hydrogens is 295 g/mol. The van der Waals surface area contributed by atoms with Crippen molar-refractivity contribution in [1.29, 1.82) is 5.26 Å². The molecule has 0 amide bonds. The lowest BCUT2D eigenvalue weighted by molar-refractivity contribution is -0.274. The van der Waals surface area contributed by atoms with Crippen molar-refractivity contribution in [3.63, 3.8) is 0 Å². The zero-order chi connectivity index (χ0) is 16.2. The smallest absolute Gasteiger partial charge is 0.406 e. The van der Waals surface area contributed by atoms with Gasteiger partial charge in [0.1, 0.15) is 17.6 Å². The summed E-state index contributed by atoms with van der Waals surface area (Å²) in [6.07, 6.45) is -3.12. The van der Waals surface area contributed by atoms with Crippen molar-refractivity contribution in [2.75, 3.05) is 11.9 Å². The van der Waals surface area contributed by atoms with Crippen LogP contribution in [0.2, 0.25) is 0 Å². The standard InChI is InChI=1S/C15H12F3N3O/c1-21(14-12(9-19)3-2-8-20-14)10-11-4-6-13(7-5-11)22-15(16,17)18/h2-8H,10H2,1H3. The number of halogens is 3. The molecule has 1 aromatic carbocycles. The molecule has 0 atom stereocenters. The van der Waals surface area contributed by atoms with E-state index in [0.717, 1.165) is 5.56 Å². The molecule has 0 aliphatic heterocycles. The van der Waals surface area contributed by atoms with Gasteiger partial charge < -0.3 is 9.64 Å². The van der Waals surface area contributed by atoms with Crippen molar-refractivity contribution in [2.45, 2.75) is 12.9 Å². The molecule has 0 saturated heterocycles. The van der Waals surface area contributed by atoms with E-state index < -0.39 is 6.36 Å². The van der Waals surface area contributed by atoms with E-state index in [4.69, 9.17) is 5.26 Å². The molecule has 2 rings (SSSR count). The molecule has 2 aromatic rings. The zero-order valence-electron chi connectivity index (χ0n) is 11.6. The molecule has 0 aliphatic carbocycles. The van der Waals surface area contributed by atoms with Crippen LogP contribution in [0.5, 0.6) is 5.75 Å². The number of anilines is 1. The number of hydrogen-bond donors (Lipinski definition) is 0. The third kappa shape index (κ3) is 4.12. The summed E-state index contributed by atoms with van der Waals surface area (Å²) in [6, 6.07) is 10.9. The summed E-state index contributed by atoms with van der Waals surface area (Å²) in [4.78, 5) is 5.89. The molecule has 7 heteroatoms. The normalized spacial score (nSPS) is 10.9. The molecule has 0 unspecified atom stereocenters. The van der Waals surface area contributed by atoms with E-state index in [1.165, 1.54) is 24.3 Å². The highest BCUT2D eigenvalue weighted by Crippen LogP contribution is 2.23. The molecule has 1 heterocycles. The van der Waals surface area contributed by atoms with Gasteiger partial charge in [-0.1, -0.05) is 12.1 Å². The highest BCUT2D eigenvalue weighted by atomic mass is 19.4. The van der Waals surface area contributed by atoms with E-state index in [9.17, 15) is 13.2 Å². The van der Waals surface area contributed by atoms with E-state index in [0.29, 0.717) is 17.9 Å². The number of hydrogen-bond acceptors (Lipinski definition) is 4. The van der Waals surface area contributed by atoms with Crippen LogP contribution in [0, 0.1) is 11.3 Å². The summed E-state index contributed by atoms with van der Waals surface area (Å²) in [6.45, 7) is 0.401. The van der Waals surface area contributed by atoms with Crippen molar-refractivity contribution < 1.29 is 17.9 Å². The average Bonchev–Trinajstić information content (AvgIpc) is 2.47. The van der Waals surface area contributed by atoms with E-state index in [2.05, 4.69) is 9.72 Å². The predicted octanol–water partition coefficient (Wildman–Crippen LogP) is 3.49. The first-order valence-electron chi connectivity index (χ1n) is 6.30. The van der Waals surface area contributed by atoms with Crippen LogP contribution in [-0.4, -0.2) is 18.4 Å². The van der Waals surface area contributed by atoms with Gasteiger partial charge in [-0.25, -0.2) is 4.98 Å². The van der Waals surface area contributed by atoms with Gasteiger partial charge in [0, 0.05) is 19.8 Å². The quantitative estimate of drug-likeness (QED) is 0.867. The summed E-state index contributed by atoms with van der Waals surface area (Å²) >= 11 is 0. The number of benzene rings is 1. The van der Waals surface area contributed by atoms with Crippen LogP contribution in [0.1, 0.15) is 11.1 Å². The molecule has 1 aromatic heterocycles. The van der Waals surface area contributed by atoms with Gasteiger partial charge in [-0.3, -0.25) is 0 Å². The third-order valence-corrected chi connectivity index (χ3v) is 2.85. The van der Waals surface area contributed by atoms with E-state index in [-0.39, 0.29) is 5.75 Å². The largest absolute Gasteiger partial charge is 0.573 e. The van der Waals surface area contributed by atoms with Crippen LogP contribution >= 0.6 is 0 Å². The number of rotatable bonds is 4. The van der Waals surface area contributed by atoms with Crippen molar-refractivity contribution in [3.8, 4) is 11.8 Å². The van der Waals surface area contributed by atoms with Gasteiger partial charge in [0.2, 0.25) is 0 Å². The molecule has 22 heavy (non-hydrogen) atoms. The molecule has 4 nitrogen and oxygen atoms in total. The van der Waals surface area contributed by atoms with Gasteiger partial charge in [0.15, 0.2) is 0 Å². The number of nitriles is 1. The Hall–Kier alpha value is -2.75. The van der Waals surface area contributed by atoms with Gasteiger partial charge in [-0.05, 0) is 29.8 Å². The summed E-state index contributed by atoms with van der Waals surface area (Å²) in [5.41, 5.74) is 1.20. The Balaban J connectivity index is 2.09. The fourth-order valence-electron chi connectivity index (χ4n) is 1.93. The topological polar surface area (TPSA) is 49.1 Å². The first-order chi connectivity index (χ1) is 10.4. The number of ether oxygens (including phenoxy) is 1. The highest BCUT2D eigenvalue weighted by Gasteiger charge is 2.30. The van der Waals surface area contributed by atoms with Crippen LogP contribution in [0.3, 0.4) is 0 Å². The molecule has 0 fully saturated rings. The minimum absolute atomic E-state index is 0.269. The van der Waals surface area contributed by atoms with Crippen LogP contribution in [-0.2, 0) is 6.54 Å². The molecule has 114 valence electrons. The average molecular weight is 307 g/mol. The Morgan fingerprint density at radius 2 is 1.91 bits per heavy atom. The second-order valence-corrected chi connectivity index (χ2v) is 4.53. The number of nitrogens with zero attached hydrogens (tertiary/aromatic N) is 3. The fourth-order valence-corrected chi connectivity index (χ4v) is 1.93. The Labute approximate surface area is 125 Å². The lowest BCUT2D eigenvalue weighted by atomic mass is 10.2. The zero-order valence-corrected chi connectivity index (χ0v) is 11.6. The first-order valence-corrected chi connectivity index (χ1v) is 6.30. The number of alkyl halides is 3. The number of aromatic nitrogens is 1. The number of pyridine rings is 1. The lowest BCUT2D eigenvalue weighted by Gasteiger charge is -2.19. The van der Waals surface area contributed by atoms with Gasteiger partial charge >= 0.3 is 6.36 Å². The maximum absolute atomic E-state index is 12.1. The van der Waals surface area contributed by atoms with Gasteiger partial charge in [-0.15, -0.1) is 13.2 Å². The van der Waals surface area contributed by atoms with Crippen molar-refractivity contribution in [2.24, 2.45) is 0 Å².